The predicted molar refractivity (Wildman–Crippen MR) is 93.5 cm³/mol. The van der Waals surface area contributed by atoms with Crippen LogP contribution in [0.1, 0.15) is 35.0 Å². The Morgan fingerprint density at radius 3 is 3.04 bits per heavy atom. The van der Waals surface area contributed by atoms with Crippen LogP contribution in [0.4, 0.5) is 0 Å². The van der Waals surface area contributed by atoms with Gasteiger partial charge in [0.05, 0.1) is 24.8 Å². The molecule has 0 radical (unpaired) electrons. The summed E-state index contributed by atoms with van der Waals surface area (Å²) in [6, 6.07) is 7.23. The molecule has 0 saturated carbocycles. The maximum Gasteiger partial charge on any atom is 0.283 e. The Morgan fingerprint density at radius 1 is 1.46 bits per heavy atom. The number of hydrogen-bond acceptors (Lipinski definition) is 4. The summed E-state index contributed by atoms with van der Waals surface area (Å²) in [5.74, 6) is 0.301. The van der Waals surface area contributed by atoms with E-state index < -0.39 is 0 Å². The predicted octanol–water partition coefficient (Wildman–Crippen LogP) is 3.18. The van der Waals surface area contributed by atoms with Crippen LogP contribution >= 0.6 is 11.3 Å². The molecule has 1 fully saturated rings. The summed E-state index contributed by atoms with van der Waals surface area (Å²) < 4.78 is 13.3. The Bertz CT molecular complexity index is 773. The average Bonchev–Trinajstić information content (AvgIpc) is 3.19. The van der Waals surface area contributed by atoms with E-state index in [0.717, 1.165) is 30.9 Å². The zero-order valence-corrected chi connectivity index (χ0v) is 14.8. The van der Waals surface area contributed by atoms with Gasteiger partial charge in [0.25, 0.3) is 5.91 Å². The van der Waals surface area contributed by atoms with Crippen molar-refractivity contribution in [2.24, 2.45) is 4.99 Å². The van der Waals surface area contributed by atoms with Crippen LogP contribution in [0.2, 0.25) is 0 Å². The Labute approximate surface area is 145 Å². The third kappa shape index (κ3) is 3.94. The monoisotopic (exact) mass is 346 g/mol. The lowest BCUT2D eigenvalue weighted by Crippen LogP contribution is -2.23. The van der Waals surface area contributed by atoms with Crippen molar-refractivity contribution in [2.75, 3.05) is 13.2 Å². The molecule has 0 N–H and O–H groups in total. The van der Waals surface area contributed by atoms with Gasteiger partial charge in [0.2, 0.25) is 0 Å². The fourth-order valence-corrected chi connectivity index (χ4v) is 3.64. The molecule has 1 unspecified atom stereocenters. The number of benzene rings is 1. The van der Waals surface area contributed by atoms with E-state index >= 15 is 0 Å². The minimum Gasteiger partial charge on any atom is -0.493 e. The average molecular weight is 346 g/mol. The number of rotatable bonds is 5. The first-order valence-corrected chi connectivity index (χ1v) is 9.08. The first-order valence-electron chi connectivity index (χ1n) is 8.26. The fourth-order valence-electron chi connectivity index (χ4n) is 2.80. The smallest absolute Gasteiger partial charge is 0.283 e. The van der Waals surface area contributed by atoms with E-state index in [4.69, 9.17) is 9.47 Å². The summed E-state index contributed by atoms with van der Waals surface area (Å²) in [6.07, 6.45) is 4.40. The molecule has 2 heterocycles. The molecule has 0 spiro atoms. The third-order valence-corrected chi connectivity index (χ3v) is 4.81. The minimum atomic E-state index is -0.276. The van der Waals surface area contributed by atoms with E-state index in [1.165, 1.54) is 11.3 Å². The number of aryl methyl sites for hydroxylation is 1. The van der Waals surface area contributed by atoms with Crippen molar-refractivity contribution >= 4 is 17.2 Å². The Hall–Kier alpha value is -1.92. The second-order valence-corrected chi connectivity index (χ2v) is 6.97. The van der Waals surface area contributed by atoms with E-state index in [1.807, 2.05) is 36.7 Å². The lowest BCUT2D eigenvalue weighted by molar-refractivity contribution is 0.0948. The first kappa shape index (κ1) is 16.9. The number of amides is 1. The van der Waals surface area contributed by atoms with Crippen molar-refractivity contribution in [1.82, 2.24) is 4.57 Å². The van der Waals surface area contributed by atoms with Crippen LogP contribution in [0.25, 0.3) is 0 Å². The zero-order valence-electron chi connectivity index (χ0n) is 14.0. The van der Waals surface area contributed by atoms with E-state index in [9.17, 15) is 4.79 Å². The highest BCUT2D eigenvalue weighted by molar-refractivity contribution is 7.09. The molecular weight excluding hydrogens is 324 g/mol. The van der Waals surface area contributed by atoms with Crippen molar-refractivity contribution in [1.29, 1.82) is 0 Å². The second kappa shape index (κ2) is 7.77. The van der Waals surface area contributed by atoms with Crippen molar-refractivity contribution in [3.63, 3.8) is 0 Å². The van der Waals surface area contributed by atoms with Crippen LogP contribution < -0.4 is 9.54 Å². The van der Waals surface area contributed by atoms with Crippen LogP contribution in [-0.2, 0) is 11.3 Å². The molecule has 1 saturated heterocycles. The molecule has 128 valence electrons. The molecule has 1 aromatic carbocycles. The van der Waals surface area contributed by atoms with E-state index in [1.54, 1.807) is 12.1 Å². The van der Waals surface area contributed by atoms with Gasteiger partial charge in [-0.3, -0.25) is 4.79 Å². The molecule has 1 amide bonds. The van der Waals surface area contributed by atoms with Gasteiger partial charge >= 0.3 is 0 Å². The van der Waals surface area contributed by atoms with Gasteiger partial charge in [-0.15, -0.1) is 11.3 Å². The molecule has 5 nitrogen and oxygen atoms in total. The zero-order chi connectivity index (χ0) is 16.9. The number of nitrogens with zero attached hydrogens (tertiary/aromatic N) is 2. The topological polar surface area (TPSA) is 52.8 Å². The molecule has 1 aromatic heterocycles. The van der Waals surface area contributed by atoms with Gasteiger partial charge < -0.3 is 14.0 Å². The van der Waals surface area contributed by atoms with Gasteiger partial charge in [-0.2, -0.15) is 4.99 Å². The largest absolute Gasteiger partial charge is 0.493 e. The Kier molecular flexibility index (Phi) is 5.48. The van der Waals surface area contributed by atoms with Crippen LogP contribution in [-0.4, -0.2) is 29.8 Å². The quantitative estimate of drug-likeness (QED) is 0.835. The standard InChI is InChI=1S/C18H22N2O3S/c1-3-22-16-9-5-4-8-15(16)17(21)19-18-20(11-13(2)24-18)12-14-7-6-10-23-14/h4-5,8-9,11,14H,3,6-7,10,12H2,1-2H3. The molecule has 1 aliphatic rings. The number of carbonyl (C=O) groups is 1. The highest BCUT2D eigenvalue weighted by Crippen LogP contribution is 2.19. The maximum atomic E-state index is 12.6. The summed E-state index contributed by atoms with van der Waals surface area (Å²) >= 11 is 1.52. The molecule has 2 aromatic rings. The number of aromatic nitrogens is 1. The van der Waals surface area contributed by atoms with Gasteiger partial charge in [-0.25, -0.2) is 0 Å². The van der Waals surface area contributed by atoms with Crippen LogP contribution in [0.3, 0.4) is 0 Å². The summed E-state index contributed by atoms with van der Waals surface area (Å²) in [6.45, 7) is 6.00. The molecule has 24 heavy (non-hydrogen) atoms. The van der Waals surface area contributed by atoms with Crippen molar-refractivity contribution in [2.45, 2.75) is 39.3 Å². The van der Waals surface area contributed by atoms with Crippen LogP contribution in [0.15, 0.2) is 35.5 Å². The molecule has 6 heteroatoms. The number of carbonyl (C=O) groups excluding carboxylic acids is 1. The van der Waals surface area contributed by atoms with Crippen molar-refractivity contribution in [3.8, 4) is 5.75 Å². The van der Waals surface area contributed by atoms with E-state index in [2.05, 4.69) is 4.99 Å². The summed E-state index contributed by atoms with van der Waals surface area (Å²) in [4.78, 5) is 18.8. The Balaban J connectivity index is 1.89. The second-order valence-electron chi connectivity index (χ2n) is 5.76. The van der Waals surface area contributed by atoms with Gasteiger partial charge in [-0.1, -0.05) is 12.1 Å². The number of thiazole rings is 1. The first-order chi connectivity index (χ1) is 11.7. The van der Waals surface area contributed by atoms with Crippen molar-refractivity contribution < 1.29 is 14.3 Å². The Morgan fingerprint density at radius 2 is 2.29 bits per heavy atom. The molecule has 1 atom stereocenters. The van der Waals surface area contributed by atoms with Crippen molar-refractivity contribution in [3.05, 3.63) is 45.7 Å². The lowest BCUT2D eigenvalue weighted by Gasteiger charge is -2.10. The highest BCUT2D eigenvalue weighted by atomic mass is 32.1. The highest BCUT2D eigenvalue weighted by Gasteiger charge is 2.17. The maximum absolute atomic E-state index is 12.6. The lowest BCUT2D eigenvalue weighted by atomic mass is 10.2. The minimum absolute atomic E-state index is 0.212. The molecule has 3 rings (SSSR count). The summed E-state index contributed by atoms with van der Waals surface area (Å²) in [7, 11) is 0. The summed E-state index contributed by atoms with van der Waals surface area (Å²) in [5.41, 5.74) is 0.495. The van der Waals surface area contributed by atoms with Gasteiger partial charge in [-0.05, 0) is 38.8 Å². The van der Waals surface area contributed by atoms with Gasteiger partial charge in [0, 0.05) is 17.7 Å². The van der Waals surface area contributed by atoms with Crippen LogP contribution in [0.5, 0.6) is 5.75 Å². The normalized spacial score (nSPS) is 18.1. The number of ether oxygens (including phenoxy) is 2. The fraction of sp³-hybridized carbons (Fsp3) is 0.444. The van der Waals surface area contributed by atoms with Gasteiger partial charge in [0.1, 0.15) is 5.75 Å². The SMILES string of the molecule is CCOc1ccccc1C(=O)N=c1sc(C)cn1CC1CCCO1. The van der Waals surface area contributed by atoms with E-state index in [0.29, 0.717) is 22.7 Å². The molecular formula is C18H22N2O3S. The molecule has 1 aliphatic heterocycles. The number of hydrogen-bond donors (Lipinski definition) is 0. The molecule has 0 bridgehead atoms. The van der Waals surface area contributed by atoms with Crippen LogP contribution in [0, 0.1) is 6.92 Å². The third-order valence-electron chi connectivity index (χ3n) is 3.87. The summed E-state index contributed by atoms with van der Waals surface area (Å²) in [5, 5.41) is 0. The molecule has 0 aliphatic carbocycles. The number of para-hydroxylation sites is 1. The van der Waals surface area contributed by atoms with Gasteiger partial charge in [0.15, 0.2) is 4.80 Å². The van der Waals surface area contributed by atoms with E-state index in [-0.39, 0.29) is 12.0 Å².